The van der Waals surface area contributed by atoms with Crippen LogP contribution in [0.25, 0.3) is 5.69 Å². The summed E-state index contributed by atoms with van der Waals surface area (Å²) in [7, 11) is 0. The van der Waals surface area contributed by atoms with Crippen LogP contribution in [0, 0.1) is 6.92 Å². The normalized spacial score (nSPS) is 10.6. The molecule has 0 bridgehead atoms. The molecule has 0 atom stereocenters. The van der Waals surface area contributed by atoms with Crippen molar-refractivity contribution < 1.29 is 9.90 Å². The Morgan fingerprint density at radius 2 is 2.28 bits per heavy atom. The number of carboxylic acids is 1. The highest BCUT2D eigenvalue weighted by atomic mass is 35.5. The molecule has 4 nitrogen and oxygen atoms in total. The van der Waals surface area contributed by atoms with Gasteiger partial charge in [-0.25, -0.2) is 4.98 Å². The van der Waals surface area contributed by atoms with Gasteiger partial charge in [0, 0.05) is 17.6 Å². The van der Waals surface area contributed by atoms with E-state index in [0.717, 1.165) is 16.9 Å². The second-order valence-corrected chi connectivity index (χ2v) is 4.53. The molecule has 94 valence electrons. The number of carboxylic acid groups (broad SMARTS) is 1. The van der Waals surface area contributed by atoms with Crippen LogP contribution in [0.1, 0.15) is 17.7 Å². The number of rotatable bonds is 4. The fourth-order valence-electron chi connectivity index (χ4n) is 1.72. The summed E-state index contributed by atoms with van der Waals surface area (Å²) in [5.41, 5.74) is 2.80. The van der Waals surface area contributed by atoms with Crippen LogP contribution in [0.5, 0.6) is 0 Å². The first-order chi connectivity index (χ1) is 8.56. The number of aliphatic carboxylic acids is 1. The van der Waals surface area contributed by atoms with Crippen LogP contribution < -0.4 is 0 Å². The van der Waals surface area contributed by atoms with E-state index in [1.54, 1.807) is 6.33 Å². The van der Waals surface area contributed by atoms with Gasteiger partial charge in [0.15, 0.2) is 0 Å². The van der Waals surface area contributed by atoms with Crippen LogP contribution >= 0.6 is 11.6 Å². The smallest absolute Gasteiger partial charge is 0.303 e. The lowest BCUT2D eigenvalue weighted by molar-refractivity contribution is -0.136. The Labute approximate surface area is 110 Å². The second kappa shape index (κ2) is 5.23. The van der Waals surface area contributed by atoms with Gasteiger partial charge in [-0.1, -0.05) is 17.7 Å². The number of aromatic nitrogens is 2. The average Bonchev–Trinajstić information content (AvgIpc) is 2.78. The third-order valence-corrected chi connectivity index (χ3v) is 2.92. The molecule has 0 aliphatic carbocycles. The molecule has 0 radical (unpaired) electrons. The molecule has 1 heterocycles. The minimum atomic E-state index is -0.816. The molecule has 0 unspecified atom stereocenters. The molecule has 5 heteroatoms. The third-order valence-electron chi connectivity index (χ3n) is 2.68. The van der Waals surface area contributed by atoms with Crippen molar-refractivity contribution in [3.05, 3.63) is 47.0 Å². The molecule has 1 aromatic carbocycles. The molecular formula is C13H13ClN2O2. The van der Waals surface area contributed by atoms with E-state index in [4.69, 9.17) is 16.7 Å². The molecule has 0 aliphatic rings. The predicted molar refractivity (Wildman–Crippen MR) is 69.3 cm³/mol. The van der Waals surface area contributed by atoms with E-state index in [-0.39, 0.29) is 6.42 Å². The number of carbonyl (C=O) groups is 1. The van der Waals surface area contributed by atoms with Crippen LogP contribution in [0.3, 0.4) is 0 Å². The van der Waals surface area contributed by atoms with Gasteiger partial charge in [0.25, 0.3) is 0 Å². The fraction of sp³-hybridized carbons (Fsp3) is 0.231. The number of hydrogen-bond acceptors (Lipinski definition) is 2. The van der Waals surface area contributed by atoms with E-state index in [0.29, 0.717) is 11.4 Å². The maximum atomic E-state index is 10.5. The molecule has 1 aromatic heterocycles. The highest BCUT2D eigenvalue weighted by molar-refractivity contribution is 6.30. The predicted octanol–water partition coefficient (Wildman–Crippen LogP) is 2.85. The molecular weight excluding hydrogens is 252 g/mol. The summed E-state index contributed by atoms with van der Waals surface area (Å²) in [4.78, 5) is 14.7. The summed E-state index contributed by atoms with van der Waals surface area (Å²) in [6.07, 6.45) is 4.03. The largest absolute Gasteiger partial charge is 0.481 e. The van der Waals surface area contributed by atoms with E-state index in [1.807, 2.05) is 35.9 Å². The first kappa shape index (κ1) is 12.6. The van der Waals surface area contributed by atoms with Gasteiger partial charge < -0.3 is 9.67 Å². The molecule has 1 N–H and O–H groups in total. The van der Waals surface area contributed by atoms with Gasteiger partial charge in [0.05, 0.1) is 24.1 Å². The first-order valence-electron chi connectivity index (χ1n) is 5.57. The third kappa shape index (κ3) is 2.90. The maximum absolute atomic E-state index is 10.5. The number of benzene rings is 1. The van der Waals surface area contributed by atoms with Gasteiger partial charge in [-0.3, -0.25) is 4.79 Å². The number of halogens is 1. The first-order valence-corrected chi connectivity index (χ1v) is 5.95. The minimum Gasteiger partial charge on any atom is -0.481 e. The topological polar surface area (TPSA) is 55.1 Å². The summed E-state index contributed by atoms with van der Waals surface area (Å²) in [5, 5.41) is 9.29. The minimum absolute atomic E-state index is 0.0888. The highest BCUT2D eigenvalue weighted by Crippen LogP contribution is 2.19. The molecule has 0 aliphatic heterocycles. The van der Waals surface area contributed by atoms with Gasteiger partial charge in [0.1, 0.15) is 0 Å². The van der Waals surface area contributed by atoms with Crippen LogP contribution in [-0.4, -0.2) is 20.6 Å². The van der Waals surface area contributed by atoms with E-state index >= 15 is 0 Å². The molecule has 2 rings (SSSR count). The van der Waals surface area contributed by atoms with Crippen LogP contribution in [0.15, 0.2) is 30.7 Å². The van der Waals surface area contributed by atoms with Crippen molar-refractivity contribution in [3.63, 3.8) is 0 Å². The Hall–Kier alpha value is -1.81. The Kier molecular flexibility index (Phi) is 3.67. The summed E-state index contributed by atoms with van der Waals surface area (Å²) in [6, 6.07) is 5.64. The zero-order chi connectivity index (χ0) is 13.1. The average molecular weight is 265 g/mol. The lowest BCUT2D eigenvalue weighted by atomic mass is 10.2. The summed E-state index contributed by atoms with van der Waals surface area (Å²) in [6.45, 7) is 1.99. The number of nitrogens with zero attached hydrogens (tertiary/aromatic N) is 2. The molecule has 0 amide bonds. The molecule has 0 saturated heterocycles. The van der Waals surface area contributed by atoms with Gasteiger partial charge in [-0.15, -0.1) is 0 Å². The zero-order valence-electron chi connectivity index (χ0n) is 9.93. The SMILES string of the molecule is Cc1ccc(Cl)cc1-n1cnc(CCC(=O)O)c1. The zero-order valence-corrected chi connectivity index (χ0v) is 10.7. The van der Waals surface area contributed by atoms with Crippen molar-refractivity contribution in [1.82, 2.24) is 9.55 Å². The van der Waals surface area contributed by atoms with Crippen molar-refractivity contribution in [3.8, 4) is 5.69 Å². The van der Waals surface area contributed by atoms with Gasteiger partial charge in [-0.05, 0) is 24.6 Å². The van der Waals surface area contributed by atoms with Crippen LogP contribution in [0.2, 0.25) is 5.02 Å². The monoisotopic (exact) mass is 264 g/mol. The molecule has 0 fully saturated rings. The molecule has 18 heavy (non-hydrogen) atoms. The van der Waals surface area contributed by atoms with Gasteiger partial charge >= 0.3 is 5.97 Å². The Morgan fingerprint density at radius 1 is 1.50 bits per heavy atom. The quantitative estimate of drug-likeness (QED) is 0.924. The van der Waals surface area contributed by atoms with E-state index < -0.39 is 5.97 Å². The van der Waals surface area contributed by atoms with Gasteiger partial charge in [0.2, 0.25) is 0 Å². The summed E-state index contributed by atoms with van der Waals surface area (Å²) in [5.74, 6) is -0.816. The summed E-state index contributed by atoms with van der Waals surface area (Å²) >= 11 is 5.96. The van der Waals surface area contributed by atoms with Crippen molar-refractivity contribution >= 4 is 17.6 Å². The second-order valence-electron chi connectivity index (χ2n) is 4.10. The van der Waals surface area contributed by atoms with Crippen molar-refractivity contribution in [1.29, 1.82) is 0 Å². The Morgan fingerprint density at radius 3 is 3.00 bits per heavy atom. The highest BCUT2D eigenvalue weighted by Gasteiger charge is 2.06. The molecule has 0 spiro atoms. The molecule has 2 aromatic rings. The molecule has 0 saturated carbocycles. The van der Waals surface area contributed by atoms with E-state index in [2.05, 4.69) is 4.98 Å². The maximum Gasteiger partial charge on any atom is 0.303 e. The van der Waals surface area contributed by atoms with E-state index in [1.165, 1.54) is 0 Å². The van der Waals surface area contributed by atoms with E-state index in [9.17, 15) is 4.79 Å². The van der Waals surface area contributed by atoms with Crippen molar-refractivity contribution in [2.45, 2.75) is 19.8 Å². The lowest BCUT2D eigenvalue weighted by Gasteiger charge is -2.06. The Bertz CT molecular complexity index is 578. The lowest BCUT2D eigenvalue weighted by Crippen LogP contribution is -1.97. The fourth-order valence-corrected chi connectivity index (χ4v) is 1.89. The number of imidazole rings is 1. The van der Waals surface area contributed by atoms with Crippen LogP contribution in [-0.2, 0) is 11.2 Å². The Balaban J connectivity index is 2.23. The van der Waals surface area contributed by atoms with Crippen molar-refractivity contribution in [2.75, 3.05) is 0 Å². The van der Waals surface area contributed by atoms with Crippen molar-refractivity contribution in [2.24, 2.45) is 0 Å². The standard InChI is InChI=1S/C13H13ClN2O2/c1-9-2-3-10(14)6-12(9)16-7-11(15-8-16)4-5-13(17)18/h2-3,6-8H,4-5H2,1H3,(H,17,18). The number of hydrogen-bond donors (Lipinski definition) is 1. The van der Waals surface area contributed by atoms with Gasteiger partial charge in [-0.2, -0.15) is 0 Å². The number of aryl methyl sites for hydroxylation is 2. The van der Waals surface area contributed by atoms with Crippen LogP contribution in [0.4, 0.5) is 0 Å². The summed E-state index contributed by atoms with van der Waals surface area (Å²) < 4.78 is 1.86.